The van der Waals surface area contributed by atoms with Crippen LogP contribution in [0.4, 0.5) is 0 Å². The van der Waals surface area contributed by atoms with E-state index in [0.717, 1.165) is 25.7 Å². The molecule has 3 rings (SSSR count). The van der Waals surface area contributed by atoms with Gasteiger partial charge in [0.05, 0.1) is 21.7 Å². The molecule has 0 fully saturated rings. The third-order valence-corrected chi connectivity index (χ3v) is 5.06. The molecule has 0 aliphatic rings. The number of rotatable bonds is 4. The maximum atomic E-state index is 12.2. The van der Waals surface area contributed by atoms with Crippen LogP contribution in [0, 0.1) is 13.8 Å². The summed E-state index contributed by atoms with van der Waals surface area (Å²) in [6, 6.07) is 13.5. The number of aromatic nitrogens is 2. The Kier molecular flexibility index (Phi) is 4.63. The molecule has 23 heavy (non-hydrogen) atoms. The lowest BCUT2D eigenvalue weighted by Crippen LogP contribution is -2.22. The van der Waals surface area contributed by atoms with Gasteiger partial charge in [0.15, 0.2) is 0 Å². The summed E-state index contributed by atoms with van der Waals surface area (Å²) in [7, 11) is 0. The van der Waals surface area contributed by atoms with Gasteiger partial charge in [0, 0.05) is 16.1 Å². The molecule has 1 N–H and O–H groups in total. The molecule has 0 aliphatic carbocycles. The van der Waals surface area contributed by atoms with E-state index in [0.29, 0.717) is 12.1 Å². The van der Waals surface area contributed by atoms with Crippen molar-refractivity contribution >= 4 is 33.2 Å². The number of halogens is 1. The van der Waals surface area contributed by atoms with Crippen LogP contribution >= 0.6 is 27.3 Å². The minimum Gasteiger partial charge on any atom is -0.347 e. The quantitative estimate of drug-likeness (QED) is 0.724. The van der Waals surface area contributed by atoms with Crippen molar-refractivity contribution in [2.75, 3.05) is 0 Å². The second-order valence-electron chi connectivity index (χ2n) is 5.27. The molecule has 1 amide bonds. The van der Waals surface area contributed by atoms with Crippen molar-refractivity contribution in [3.63, 3.8) is 0 Å². The van der Waals surface area contributed by atoms with Gasteiger partial charge in [-0.2, -0.15) is 5.10 Å². The first-order valence-electron chi connectivity index (χ1n) is 7.19. The highest BCUT2D eigenvalue weighted by atomic mass is 79.9. The average molecular weight is 390 g/mol. The number of benzene rings is 1. The number of aryl methyl sites for hydroxylation is 2. The van der Waals surface area contributed by atoms with Crippen LogP contribution in [0.25, 0.3) is 5.69 Å². The molecule has 0 aliphatic heterocycles. The number of carbonyl (C=O) groups excluding carboxylic acids is 1. The maximum absolute atomic E-state index is 12.2. The second-order valence-corrected chi connectivity index (χ2v) is 7.82. The summed E-state index contributed by atoms with van der Waals surface area (Å²) in [5.41, 5.74) is 3.65. The molecule has 0 bridgehead atoms. The van der Waals surface area contributed by atoms with E-state index >= 15 is 0 Å². The normalized spacial score (nSPS) is 10.7. The van der Waals surface area contributed by atoms with Gasteiger partial charge in [-0.25, -0.2) is 4.68 Å². The lowest BCUT2D eigenvalue weighted by molar-refractivity contribution is 0.0951. The Labute approximate surface area is 147 Å². The third-order valence-electron chi connectivity index (χ3n) is 3.44. The molecule has 2 heterocycles. The molecule has 0 saturated heterocycles. The Morgan fingerprint density at radius 2 is 1.96 bits per heavy atom. The summed E-state index contributed by atoms with van der Waals surface area (Å²) < 4.78 is 2.94. The van der Waals surface area contributed by atoms with E-state index < -0.39 is 0 Å². The van der Waals surface area contributed by atoms with E-state index in [1.807, 2.05) is 61.0 Å². The van der Waals surface area contributed by atoms with Crippen molar-refractivity contribution in [3.8, 4) is 5.69 Å². The van der Waals surface area contributed by atoms with Gasteiger partial charge in [0.1, 0.15) is 0 Å². The van der Waals surface area contributed by atoms with E-state index in [2.05, 4.69) is 26.3 Å². The molecule has 2 aromatic heterocycles. The van der Waals surface area contributed by atoms with Crippen LogP contribution in [0.15, 0.2) is 46.3 Å². The zero-order valence-corrected chi connectivity index (χ0v) is 15.2. The average Bonchev–Trinajstić information content (AvgIpc) is 3.10. The second kappa shape index (κ2) is 6.68. The summed E-state index contributed by atoms with van der Waals surface area (Å²) in [6.45, 7) is 4.52. The summed E-state index contributed by atoms with van der Waals surface area (Å²) in [5, 5.41) is 7.38. The van der Waals surface area contributed by atoms with Gasteiger partial charge in [-0.1, -0.05) is 0 Å². The minimum absolute atomic E-state index is 0.0746. The molecular weight excluding hydrogens is 374 g/mol. The largest absolute Gasteiger partial charge is 0.347 e. The van der Waals surface area contributed by atoms with Gasteiger partial charge < -0.3 is 5.32 Å². The third kappa shape index (κ3) is 3.71. The monoisotopic (exact) mass is 389 g/mol. The number of thiophene rings is 1. The number of nitrogens with one attached hydrogen (secondary N) is 1. The molecule has 0 unspecified atom stereocenters. The molecule has 1 aromatic carbocycles. The van der Waals surface area contributed by atoms with E-state index in [1.54, 1.807) is 11.3 Å². The molecule has 3 aromatic rings. The Morgan fingerprint density at radius 3 is 2.52 bits per heavy atom. The van der Waals surface area contributed by atoms with Crippen LogP contribution in [-0.4, -0.2) is 15.7 Å². The highest BCUT2D eigenvalue weighted by Gasteiger charge is 2.08. The standard InChI is InChI=1S/C17H16BrN3OS/c1-11-9-12(2)21(20-11)14-5-3-13(4-6-14)17(22)19-10-15-7-8-16(18)23-15/h3-9H,10H2,1-2H3,(H,19,22). The van der Waals surface area contributed by atoms with Gasteiger partial charge >= 0.3 is 0 Å². The molecule has 118 valence electrons. The van der Waals surface area contributed by atoms with Crippen molar-refractivity contribution in [1.29, 1.82) is 0 Å². The van der Waals surface area contributed by atoms with Crippen molar-refractivity contribution in [2.45, 2.75) is 20.4 Å². The number of hydrogen-bond acceptors (Lipinski definition) is 3. The summed E-state index contributed by atoms with van der Waals surface area (Å²) in [4.78, 5) is 13.3. The number of amides is 1. The van der Waals surface area contributed by atoms with Crippen molar-refractivity contribution < 1.29 is 4.79 Å². The SMILES string of the molecule is Cc1cc(C)n(-c2ccc(C(=O)NCc3ccc(Br)s3)cc2)n1. The van der Waals surface area contributed by atoms with E-state index in [1.165, 1.54) is 0 Å². The number of nitrogens with zero attached hydrogens (tertiary/aromatic N) is 2. The number of carbonyl (C=O) groups is 1. The topological polar surface area (TPSA) is 46.9 Å². The van der Waals surface area contributed by atoms with Gasteiger partial charge in [0.25, 0.3) is 5.91 Å². The Morgan fingerprint density at radius 1 is 1.22 bits per heavy atom. The van der Waals surface area contributed by atoms with Gasteiger partial charge in [-0.15, -0.1) is 11.3 Å². The van der Waals surface area contributed by atoms with Gasteiger partial charge in [-0.3, -0.25) is 4.79 Å². The fourth-order valence-electron chi connectivity index (χ4n) is 2.36. The van der Waals surface area contributed by atoms with E-state index in [4.69, 9.17) is 0 Å². The maximum Gasteiger partial charge on any atom is 0.251 e. The first-order valence-corrected chi connectivity index (χ1v) is 8.80. The zero-order chi connectivity index (χ0) is 16.4. The molecule has 0 spiro atoms. The highest BCUT2D eigenvalue weighted by molar-refractivity contribution is 9.11. The number of hydrogen-bond donors (Lipinski definition) is 1. The molecule has 0 radical (unpaired) electrons. The van der Waals surface area contributed by atoms with Crippen LogP contribution in [0.2, 0.25) is 0 Å². The molecular formula is C17H16BrN3OS. The molecule has 0 saturated carbocycles. The van der Waals surface area contributed by atoms with E-state index in [-0.39, 0.29) is 5.91 Å². The van der Waals surface area contributed by atoms with Crippen molar-refractivity contribution in [3.05, 3.63) is 68.1 Å². The fraction of sp³-hybridized carbons (Fsp3) is 0.176. The first-order chi connectivity index (χ1) is 11.0. The highest BCUT2D eigenvalue weighted by Crippen LogP contribution is 2.21. The summed E-state index contributed by atoms with van der Waals surface area (Å²) in [5.74, 6) is -0.0746. The zero-order valence-electron chi connectivity index (χ0n) is 12.8. The Hall–Kier alpha value is -1.92. The summed E-state index contributed by atoms with van der Waals surface area (Å²) in [6.07, 6.45) is 0. The predicted octanol–water partition coefficient (Wildman–Crippen LogP) is 4.24. The van der Waals surface area contributed by atoms with Crippen LogP contribution in [0.1, 0.15) is 26.6 Å². The Balaban J connectivity index is 1.69. The van der Waals surface area contributed by atoms with Gasteiger partial charge in [-0.05, 0) is 72.2 Å². The summed E-state index contributed by atoms with van der Waals surface area (Å²) >= 11 is 5.04. The van der Waals surface area contributed by atoms with Crippen LogP contribution < -0.4 is 5.32 Å². The van der Waals surface area contributed by atoms with Crippen molar-refractivity contribution in [1.82, 2.24) is 15.1 Å². The van der Waals surface area contributed by atoms with Crippen LogP contribution in [0.5, 0.6) is 0 Å². The molecule has 0 atom stereocenters. The first kappa shape index (κ1) is 16.0. The Bertz CT molecular complexity index is 836. The predicted molar refractivity (Wildman–Crippen MR) is 96.2 cm³/mol. The molecule has 6 heteroatoms. The fourth-order valence-corrected chi connectivity index (χ4v) is 3.78. The lowest BCUT2D eigenvalue weighted by atomic mass is 10.2. The van der Waals surface area contributed by atoms with Crippen molar-refractivity contribution in [2.24, 2.45) is 0 Å². The minimum atomic E-state index is -0.0746. The smallest absolute Gasteiger partial charge is 0.251 e. The van der Waals surface area contributed by atoms with Crippen LogP contribution in [0.3, 0.4) is 0 Å². The van der Waals surface area contributed by atoms with Gasteiger partial charge in [0.2, 0.25) is 0 Å². The lowest BCUT2D eigenvalue weighted by Gasteiger charge is -2.07. The molecule has 4 nitrogen and oxygen atoms in total. The van der Waals surface area contributed by atoms with Crippen LogP contribution in [-0.2, 0) is 6.54 Å². The van der Waals surface area contributed by atoms with E-state index in [9.17, 15) is 4.79 Å².